The maximum Gasteiger partial charge on any atom is 0.193 e. The van der Waals surface area contributed by atoms with E-state index in [1.165, 1.54) is 0 Å². The van der Waals surface area contributed by atoms with E-state index in [-0.39, 0.29) is 17.3 Å². The Bertz CT molecular complexity index is 732. The highest BCUT2D eigenvalue weighted by molar-refractivity contribution is 7.90. The van der Waals surface area contributed by atoms with E-state index in [2.05, 4.69) is 0 Å². The standard InChI is InChI=1S/C16H15ClO3S/c1-2-21(19,20)11-12-3-5-13(6-4-12)16(18)14-7-9-15(17)10-8-14/h3-10H,2,11H2,1H3. The van der Waals surface area contributed by atoms with Crippen molar-refractivity contribution in [2.75, 3.05) is 5.75 Å². The summed E-state index contributed by atoms with van der Waals surface area (Å²) in [5, 5.41) is 0.576. The molecule has 0 aliphatic heterocycles. The van der Waals surface area contributed by atoms with Gasteiger partial charge in [-0.25, -0.2) is 8.42 Å². The van der Waals surface area contributed by atoms with Gasteiger partial charge >= 0.3 is 0 Å². The minimum atomic E-state index is -3.06. The lowest BCUT2D eigenvalue weighted by Gasteiger charge is -2.04. The molecule has 2 aromatic rings. The molecule has 0 heterocycles. The van der Waals surface area contributed by atoms with Crippen LogP contribution in [-0.2, 0) is 15.6 Å². The van der Waals surface area contributed by atoms with Gasteiger partial charge in [0, 0.05) is 21.9 Å². The van der Waals surface area contributed by atoms with Crippen LogP contribution in [0.1, 0.15) is 28.4 Å². The zero-order valence-corrected chi connectivity index (χ0v) is 13.1. The first-order valence-electron chi connectivity index (χ1n) is 6.51. The highest BCUT2D eigenvalue weighted by Crippen LogP contribution is 2.15. The normalized spacial score (nSPS) is 11.3. The van der Waals surface area contributed by atoms with Crippen molar-refractivity contribution in [1.82, 2.24) is 0 Å². The first-order chi connectivity index (χ1) is 9.91. The van der Waals surface area contributed by atoms with Gasteiger partial charge in [-0.05, 0) is 29.8 Å². The number of carbonyl (C=O) groups is 1. The second-order valence-corrected chi connectivity index (χ2v) is 7.50. The van der Waals surface area contributed by atoms with E-state index in [9.17, 15) is 13.2 Å². The Labute approximate surface area is 129 Å². The van der Waals surface area contributed by atoms with Gasteiger partial charge in [-0.3, -0.25) is 4.79 Å². The van der Waals surface area contributed by atoms with Gasteiger partial charge in [-0.2, -0.15) is 0 Å². The molecule has 0 aromatic heterocycles. The number of halogens is 1. The predicted octanol–water partition coefficient (Wildman–Crippen LogP) is 3.51. The van der Waals surface area contributed by atoms with Crippen molar-refractivity contribution in [3.63, 3.8) is 0 Å². The van der Waals surface area contributed by atoms with Crippen LogP contribution in [-0.4, -0.2) is 20.0 Å². The van der Waals surface area contributed by atoms with E-state index < -0.39 is 9.84 Å². The largest absolute Gasteiger partial charge is 0.289 e. The van der Waals surface area contributed by atoms with Gasteiger partial charge in [0.15, 0.2) is 15.6 Å². The molecule has 0 radical (unpaired) electrons. The van der Waals surface area contributed by atoms with E-state index in [0.29, 0.717) is 21.7 Å². The van der Waals surface area contributed by atoms with E-state index in [4.69, 9.17) is 11.6 Å². The highest BCUT2D eigenvalue weighted by Gasteiger charge is 2.11. The van der Waals surface area contributed by atoms with Crippen molar-refractivity contribution in [3.05, 3.63) is 70.2 Å². The molecule has 21 heavy (non-hydrogen) atoms. The molecule has 2 rings (SSSR count). The smallest absolute Gasteiger partial charge is 0.193 e. The zero-order valence-electron chi connectivity index (χ0n) is 11.5. The van der Waals surface area contributed by atoms with Crippen molar-refractivity contribution in [2.45, 2.75) is 12.7 Å². The van der Waals surface area contributed by atoms with Crippen molar-refractivity contribution >= 4 is 27.2 Å². The van der Waals surface area contributed by atoms with Gasteiger partial charge in [0.2, 0.25) is 0 Å². The highest BCUT2D eigenvalue weighted by atomic mass is 35.5. The maximum absolute atomic E-state index is 12.2. The lowest BCUT2D eigenvalue weighted by atomic mass is 10.0. The minimum Gasteiger partial charge on any atom is -0.289 e. The van der Waals surface area contributed by atoms with Crippen molar-refractivity contribution in [1.29, 1.82) is 0 Å². The van der Waals surface area contributed by atoms with Crippen LogP contribution >= 0.6 is 11.6 Å². The summed E-state index contributed by atoms with van der Waals surface area (Å²) in [6.45, 7) is 1.62. The molecule has 5 heteroatoms. The summed E-state index contributed by atoms with van der Waals surface area (Å²) in [6, 6.07) is 13.3. The molecule has 0 aliphatic rings. The summed E-state index contributed by atoms with van der Waals surface area (Å²) in [5.41, 5.74) is 1.76. The summed E-state index contributed by atoms with van der Waals surface area (Å²) in [6.07, 6.45) is 0. The second kappa shape index (κ2) is 6.41. The van der Waals surface area contributed by atoms with Gasteiger partial charge < -0.3 is 0 Å². The number of hydrogen-bond donors (Lipinski definition) is 0. The molecule has 0 amide bonds. The number of carbonyl (C=O) groups excluding carboxylic acids is 1. The Morgan fingerprint density at radius 1 is 0.952 bits per heavy atom. The molecule has 0 spiro atoms. The fraction of sp³-hybridized carbons (Fsp3) is 0.188. The van der Waals surface area contributed by atoms with Crippen LogP contribution < -0.4 is 0 Å². The van der Waals surface area contributed by atoms with Crippen LogP contribution in [0.4, 0.5) is 0 Å². The summed E-state index contributed by atoms with van der Waals surface area (Å²) in [5.74, 6) is -0.00579. The molecule has 0 N–H and O–H groups in total. The third kappa shape index (κ3) is 4.16. The molecule has 0 fully saturated rings. The van der Waals surface area contributed by atoms with E-state index >= 15 is 0 Å². The average molecular weight is 323 g/mol. The number of sulfone groups is 1. The van der Waals surface area contributed by atoms with Crippen LogP contribution in [0.15, 0.2) is 48.5 Å². The van der Waals surface area contributed by atoms with Gasteiger partial charge in [-0.1, -0.05) is 42.8 Å². The fourth-order valence-corrected chi connectivity index (χ4v) is 2.91. The predicted molar refractivity (Wildman–Crippen MR) is 84.5 cm³/mol. The molecule has 3 nitrogen and oxygen atoms in total. The van der Waals surface area contributed by atoms with Crippen LogP contribution in [0.3, 0.4) is 0 Å². The van der Waals surface area contributed by atoms with Crippen LogP contribution in [0.2, 0.25) is 5.02 Å². The van der Waals surface area contributed by atoms with E-state index in [0.717, 1.165) is 0 Å². The Balaban J connectivity index is 2.19. The quantitative estimate of drug-likeness (QED) is 0.792. The SMILES string of the molecule is CCS(=O)(=O)Cc1ccc(C(=O)c2ccc(Cl)cc2)cc1. The summed E-state index contributed by atoms with van der Waals surface area (Å²) in [7, 11) is -3.06. The number of ketones is 1. The Hall–Kier alpha value is -1.65. The average Bonchev–Trinajstić information content (AvgIpc) is 2.48. The first-order valence-corrected chi connectivity index (χ1v) is 8.71. The topological polar surface area (TPSA) is 51.2 Å². The Morgan fingerprint density at radius 3 is 1.90 bits per heavy atom. The third-order valence-electron chi connectivity index (χ3n) is 3.15. The molecule has 0 unspecified atom stereocenters. The lowest BCUT2D eigenvalue weighted by molar-refractivity contribution is 0.103. The lowest BCUT2D eigenvalue weighted by Crippen LogP contribution is -2.07. The molecule has 0 saturated carbocycles. The van der Waals surface area contributed by atoms with E-state index in [1.54, 1.807) is 55.5 Å². The Kier molecular flexibility index (Phi) is 4.80. The van der Waals surface area contributed by atoms with Crippen LogP contribution in [0.25, 0.3) is 0 Å². The van der Waals surface area contributed by atoms with Gasteiger partial charge in [-0.15, -0.1) is 0 Å². The van der Waals surface area contributed by atoms with Crippen molar-refractivity contribution < 1.29 is 13.2 Å². The number of hydrogen-bond acceptors (Lipinski definition) is 3. The number of benzene rings is 2. The fourth-order valence-electron chi connectivity index (χ4n) is 1.88. The minimum absolute atomic E-state index is 0.00108. The second-order valence-electron chi connectivity index (χ2n) is 4.71. The summed E-state index contributed by atoms with van der Waals surface area (Å²) >= 11 is 5.79. The zero-order chi connectivity index (χ0) is 15.5. The Morgan fingerprint density at radius 2 is 1.43 bits per heavy atom. The molecule has 0 aliphatic carbocycles. The molecule has 110 valence electrons. The molecule has 0 bridgehead atoms. The summed E-state index contributed by atoms with van der Waals surface area (Å²) in [4.78, 5) is 12.2. The van der Waals surface area contributed by atoms with Crippen molar-refractivity contribution in [2.24, 2.45) is 0 Å². The number of rotatable bonds is 5. The van der Waals surface area contributed by atoms with E-state index in [1.807, 2.05) is 0 Å². The maximum atomic E-state index is 12.2. The molecule has 0 saturated heterocycles. The van der Waals surface area contributed by atoms with Crippen LogP contribution in [0, 0.1) is 0 Å². The molecule has 0 atom stereocenters. The summed E-state index contributed by atoms with van der Waals surface area (Å²) < 4.78 is 23.1. The molecule has 2 aromatic carbocycles. The van der Waals surface area contributed by atoms with Gasteiger partial charge in [0.1, 0.15) is 0 Å². The monoisotopic (exact) mass is 322 g/mol. The van der Waals surface area contributed by atoms with Crippen LogP contribution in [0.5, 0.6) is 0 Å². The van der Waals surface area contributed by atoms with Gasteiger partial charge in [0.25, 0.3) is 0 Å². The van der Waals surface area contributed by atoms with Gasteiger partial charge in [0.05, 0.1) is 5.75 Å². The third-order valence-corrected chi connectivity index (χ3v) is 5.05. The first kappa shape index (κ1) is 15.7. The molecular formula is C16H15ClO3S. The molecular weight excluding hydrogens is 308 g/mol. The van der Waals surface area contributed by atoms with Crippen molar-refractivity contribution in [3.8, 4) is 0 Å².